The van der Waals surface area contributed by atoms with Gasteiger partial charge in [-0.25, -0.2) is 0 Å². The van der Waals surface area contributed by atoms with Gasteiger partial charge in [0.2, 0.25) is 0 Å². The van der Waals surface area contributed by atoms with Crippen LogP contribution in [0.5, 0.6) is 11.5 Å². The molecule has 0 unspecified atom stereocenters. The largest absolute Gasteiger partial charge is 0.457 e. The molecule has 1 nitrogen and oxygen atoms in total. The fourth-order valence-corrected chi connectivity index (χ4v) is 6.50. The summed E-state index contributed by atoms with van der Waals surface area (Å²) in [5.41, 5.74) is 17.5. The molecular weight excluding hydrogens is 569 g/mol. The minimum Gasteiger partial charge on any atom is -0.457 e. The number of hydrogen-bond donors (Lipinski definition) is 0. The molecule has 0 fully saturated rings. The molecule has 0 aliphatic rings. The average molecular weight is 615 g/mol. The standard InChI is InChI=1S/C46H46O/c1-30-9-17-36(18-10-30)25-37-19-15-33(4)42(26-37)44-28-41(47-40-23-13-32(3)14-24-40)29-45(35(44)6)43-27-39(22-16-34(43)5)46(7,8)38-20-11-31(2)12-21-38/h9-24,26-29H,25H2,1-8H3. The highest BCUT2D eigenvalue weighted by molar-refractivity contribution is 5.83. The molecule has 0 aromatic heterocycles. The molecule has 0 saturated heterocycles. The smallest absolute Gasteiger partial charge is 0.128 e. The van der Waals surface area contributed by atoms with Crippen LogP contribution in [0.15, 0.2) is 121 Å². The zero-order chi connectivity index (χ0) is 33.3. The summed E-state index contributed by atoms with van der Waals surface area (Å²) in [5, 5.41) is 0. The normalized spacial score (nSPS) is 11.5. The van der Waals surface area contributed by atoms with Crippen LogP contribution < -0.4 is 4.74 Å². The second kappa shape index (κ2) is 13.1. The summed E-state index contributed by atoms with van der Waals surface area (Å²) in [5.74, 6) is 1.68. The number of aryl methyl sites for hydroxylation is 5. The van der Waals surface area contributed by atoms with Gasteiger partial charge in [0.15, 0.2) is 0 Å². The zero-order valence-electron chi connectivity index (χ0n) is 29.2. The molecule has 0 heterocycles. The number of ether oxygens (including phenoxy) is 1. The molecule has 0 atom stereocenters. The second-order valence-corrected chi connectivity index (χ2v) is 13.9. The van der Waals surface area contributed by atoms with Crippen molar-refractivity contribution in [1.29, 1.82) is 0 Å². The van der Waals surface area contributed by atoms with Gasteiger partial charge in [-0.05, 0) is 139 Å². The summed E-state index contributed by atoms with van der Waals surface area (Å²) in [6.07, 6.45) is 0.897. The van der Waals surface area contributed by atoms with Crippen LogP contribution in [0.25, 0.3) is 22.3 Å². The van der Waals surface area contributed by atoms with Gasteiger partial charge in [-0.1, -0.05) is 122 Å². The second-order valence-electron chi connectivity index (χ2n) is 13.9. The highest BCUT2D eigenvalue weighted by atomic mass is 16.5. The molecule has 236 valence electrons. The van der Waals surface area contributed by atoms with Crippen molar-refractivity contribution in [3.63, 3.8) is 0 Å². The van der Waals surface area contributed by atoms with Gasteiger partial charge in [-0.3, -0.25) is 0 Å². The Kier molecular flexibility index (Phi) is 8.93. The van der Waals surface area contributed by atoms with Crippen molar-refractivity contribution in [2.45, 2.75) is 67.2 Å². The molecule has 0 spiro atoms. The number of benzene rings is 6. The Morgan fingerprint density at radius 1 is 0.426 bits per heavy atom. The SMILES string of the molecule is Cc1ccc(Cc2ccc(C)c(-c3cc(Oc4ccc(C)cc4)cc(-c4cc(C(C)(C)c5ccc(C)cc5)ccc4C)c3C)c2)cc1. The topological polar surface area (TPSA) is 9.23 Å². The molecule has 1 heteroatoms. The van der Waals surface area contributed by atoms with E-state index < -0.39 is 0 Å². The van der Waals surface area contributed by atoms with E-state index >= 15 is 0 Å². The highest BCUT2D eigenvalue weighted by Gasteiger charge is 2.25. The highest BCUT2D eigenvalue weighted by Crippen LogP contribution is 2.42. The van der Waals surface area contributed by atoms with Gasteiger partial charge >= 0.3 is 0 Å². The molecule has 0 aliphatic heterocycles. The average Bonchev–Trinajstić information content (AvgIpc) is 3.05. The van der Waals surface area contributed by atoms with Crippen molar-refractivity contribution in [3.8, 4) is 33.8 Å². The van der Waals surface area contributed by atoms with E-state index in [4.69, 9.17) is 4.74 Å². The van der Waals surface area contributed by atoms with Crippen molar-refractivity contribution >= 4 is 0 Å². The molecule has 6 aromatic carbocycles. The number of hydrogen-bond acceptors (Lipinski definition) is 1. The Bertz CT molecular complexity index is 2020. The van der Waals surface area contributed by atoms with Gasteiger partial charge in [-0.15, -0.1) is 0 Å². The van der Waals surface area contributed by atoms with E-state index in [-0.39, 0.29) is 5.41 Å². The van der Waals surface area contributed by atoms with Crippen LogP contribution in [0.1, 0.15) is 69.5 Å². The first-order chi connectivity index (χ1) is 22.5. The minimum atomic E-state index is -0.149. The predicted octanol–water partition coefficient (Wildman–Crippen LogP) is 12.6. The van der Waals surface area contributed by atoms with Crippen LogP contribution in [0.4, 0.5) is 0 Å². The predicted molar refractivity (Wildman–Crippen MR) is 200 cm³/mol. The molecule has 0 saturated carbocycles. The van der Waals surface area contributed by atoms with Crippen molar-refractivity contribution in [3.05, 3.63) is 177 Å². The van der Waals surface area contributed by atoms with Crippen molar-refractivity contribution in [2.24, 2.45) is 0 Å². The summed E-state index contributed by atoms with van der Waals surface area (Å²) in [6.45, 7) is 17.7. The maximum atomic E-state index is 6.61. The Hall–Kier alpha value is -4.88. The third-order valence-corrected chi connectivity index (χ3v) is 9.78. The van der Waals surface area contributed by atoms with Gasteiger partial charge in [0.25, 0.3) is 0 Å². The third kappa shape index (κ3) is 6.96. The van der Waals surface area contributed by atoms with Crippen LogP contribution in [0.3, 0.4) is 0 Å². The van der Waals surface area contributed by atoms with Crippen molar-refractivity contribution < 1.29 is 4.74 Å². The first-order valence-corrected chi connectivity index (χ1v) is 16.7. The van der Waals surface area contributed by atoms with E-state index in [1.165, 1.54) is 77.9 Å². The molecule has 0 radical (unpaired) electrons. The first kappa shape index (κ1) is 32.1. The molecular formula is C46H46O. The fourth-order valence-electron chi connectivity index (χ4n) is 6.50. The van der Waals surface area contributed by atoms with Gasteiger partial charge in [-0.2, -0.15) is 0 Å². The summed E-state index contributed by atoms with van der Waals surface area (Å²) < 4.78 is 6.61. The maximum absolute atomic E-state index is 6.61. The molecule has 47 heavy (non-hydrogen) atoms. The van der Waals surface area contributed by atoms with Crippen LogP contribution in [-0.4, -0.2) is 0 Å². The quantitative estimate of drug-likeness (QED) is 0.166. The van der Waals surface area contributed by atoms with E-state index in [0.717, 1.165) is 17.9 Å². The van der Waals surface area contributed by atoms with Gasteiger partial charge < -0.3 is 4.74 Å². The molecule has 0 bridgehead atoms. The zero-order valence-corrected chi connectivity index (χ0v) is 29.2. The van der Waals surface area contributed by atoms with Gasteiger partial charge in [0, 0.05) is 5.41 Å². The van der Waals surface area contributed by atoms with E-state index in [2.05, 4.69) is 177 Å². The lowest BCUT2D eigenvalue weighted by atomic mass is 9.76. The summed E-state index contributed by atoms with van der Waals surface area (Å²) in [7, 11) is 0. The summed E-state index contributed by atoms with van der Waals surface area (Å²) in [4.78, 5) is 0. The van der Waals surface area contributed by atoms with Crippen molar-refractivity contribution in [1.82, 2.24) is 0 Å². The van der Waals surface area contributed by atoms with E-state index in [0.29, 0.717) is 0 Å². The Labute approximate surface area is 281 Å². The first-order valence-electron chi connectivity index (χ1n) is 16.7. The van der Waals surface area contributed by atoms with Crippen LogP contribution in [-0.2, 0) is 11.8 Å². The van der Waals surface area contributed by atoms with Gasteiger partial charge in [0.1, 0.15) is 11.5 Å². The monoisotopic (exact) mass is 614 g/mol. The molecule has 6 rings (SSSR count). The van der Waals surface area contributed by atoms with Crippen LogP contribution in [0, 0.1) is 41.5 Å². The Morgan fingerprint density at radius 3 is 1.49 bits per heavy atom. The Balaban J connectivity index is 1.50. The third-order valence-electron chi connectivity index (χ3n) is 9.78. The van der Waals surface area contributed by atoms with Crippen LogP contribution in [0.2, 0.25) is 0 Å². The maximum Gasteiger partial charge on any atom is 0.128 e. The molecule has 0 aliphatic carbocycles. The molecule has 0 amide bonds. The van der Waals surface area contributed by atoms with E-state index in [1.807, 2.05) is 0 Å². The number of rotatable bonds is 8. The lowest BCUT2D eigenvalue weighted by Crippen LogP contribution is -2.19. The van der Waals surface area contributed by atoms with Crippen LogP contribution >= 0.6 is 0 Å². The van der Waals surface area contributed by atoms with Gasteiger partial charge in [0.05, 0.1) is 0 Å². The lowest BCUT2D eigenvalue weighted by molar-refractivity contribution is 0.483. The summed E-state index contributed by atoms with van der Waals surface area (Å²) >= 11 is 0. The van der Waals surface area contributed by atoms with E-state index in [9.17, 15) is 0 Å². The lowest BCUT2D eigenvalue weighted by Gasteiger charge is -2.28. The Morgan fingerprint density at radius 2 is 0.894 bits per heavy atom. The molecule has 0 N–H and O–H groups in total. The molecule has 6 aromatic rings. The minimum absolute atomic E-state index is 0.149. The van der Waals surface area contributed by atoms with Crippen molar-refractivity contribution in [2.75, 3.05) is 0 Å². The van der Waals surface area contributed by atoms with E-state index in [1.54, 1.807) is 0 Å². The summed E-state index contributed by atoms with van der Waals surface area (Å²) in [6, 6.07) is 44.5. The fraction of sp³-hybridized carbons (Fsp3) is 0.217.